The molecule has 4 aliphatic rings. The van der Waals surface area contributed by atoms with Crippen molar-refractivity contribution in [1.82, 2.24) is 4.98 Å². The lowest BCUT2D eigenvalue weighted by molar-refractivity contribution is -0.134. The average molecular weight is 298 g/mol. The molecule has 4 heteroatoms. The Labute approximate surface area is 130 Å². The first-order valence-electron chi connectivity index (χ1n) is 8.38. The summed E-state index contributed by atoms with van der Waals surface area (Å²) in [6, 6.07) is 5.56. The second-order valence-corrected chi connectivity index (χ2v) is 7.40. The largest absolute Gasteiger partial charge is 0.310 e. The highest BCUT2D eigenvalue weighted by atomic mass is 16.2. The molecule has 1 N–H and O–H groups in total. The number of ketones is 1. The maximum atomic E-state index is 12.8. The highest BCUT2D eigenvalue weighted by Gasteiger charge is 2.50. The molecular formula is C18H22N2O2. The first-order chi connectivity index (χ1) is 10.6. The Bertz CT molecular complexity index is 613. The Hall–Kier alpha value is -1.71. The standard InChI is InChI=1S/C18H22N2O2/c1-10-3-2-4-15(19-10)20-18(22)16-13-6-11-5-12(7-13)9-14(8-11)17(16)21/h2-4,11-14,16H,5-9H2,1H3,(H,19,20,22). The molecule has 4 saturated carbocycles. The van der Waals surface area contributed by atoms with Crippen molar-refractivity contribution in [2.45, 2.75) is 39.0 Å². The number of carbonyl (C=O) groups is 2. The average Bonchev–Trinajstić information content (AvgIpc) is 2.60. The molecule has 3 unspecified atom stereocenters. The minimum atomic E-state index is -0.456. The van der Waals surface area contributed by atoms with Crippen molar-refractivity contribution in [3.8, 4) is 0 Å². The van der Waals surface area contributed by atoms with Gasteiger partial charge in [-0.25, -0.2) is 4.98 Å². The number of aryl methyl sites for hydroxylation is 1. The van der Waals surface area contributed by atoms with Gasteiger partial charge in [-0.2, -0.15) is 0 Å². The molecule has 22 heavy (non-hydrogen) atoms. The van der Waals surface area contributed by atoms with Gasteiger partial charge in [0.1, 0.15) is 11.6 Å². The fourth-order valence-electron chi connectivity index (χ4n) is 5.05. The van der Waals surface area contributed by atoms with Crippen LogP contribution in [0.3, 0.4) is 0 Å². The molecule has 1 amide bonds. The smallest absolute Gasteiger partial charge is 0.236 e. The van der Waals surface area contributed by atoms with E-state index < -0.39 is 5.92 Å². The molecule has 5 rings (SSSR count). The van der Waals surface area contributed by atoms with Crippen molar-refractivity contribution in [3.05, 3.63) is 23.9 Å². The predicted molar refractivity (Wildman–Crippen MR) is 83.1 cm³/mol. The number of hydrogen-bond acceptors (Lipinski definition) is 3. The zero-order chi connectivity index (χ0) is 15.3. The minimum absolute atomic E-state index is 0.123. The number of amides is 1. The van der Waals surface area contributed by atoms with Crippen molar-refractivity contribution < 1.29 is 9.59 Å². The van der Waals surface area contributed by atoms with E-state index in [1.54, 1.807) is 6.07 Å². The molecule has 0 radical (unpaired) electrons. The van der Waals surface area contributed by atoms with Crippen molar-refractivity contribution in [1.29, 1.82) is 0 Å². The van der Waals surface area contributed by atoms with Gasteiger partial charge in [0.2, 0.25) is 5.91 Å². The summed E-state index contributed by atoms with van der Waals surface area (Å²) < 4.78 is 0. The molecule has 4 aliphatic carbocycles. The predicted octanol–water partition coefficient (Wildman–Crippen LogP) is 2.97. The summed E-state index contributed by atoms with van der Waals surface area (Å²) in [7, 11) is 0. The van der Waals surface area contributed by atoms with Crippen LogP contribution in [0.5, 0.6) is 0 Å². The monoisotopic (exact) mass is 298 g/mol. The van der Waals surface area contributed by atoms with Gasteiger partial charge in [0.15, 0.2) is 0 Å². The molecule has 4 bridgehead atoms. The number of pyridine rings is 1. The molecule has 3 atom stereocenters. The third-order valence-corrected chi connectivity index (χ3v) is 5.78. The summed E-state index contributed by atoms with van der Waals surface area (Å²) >= 11 is 0. The molecular weight excluding hydrogens is 276 g/mol. The van der Waals surface area contributed by atoms with Crippen molar-refractivity contribution in [2.75, 3.05) is 5.32 Å². The van der Waals surface area contributed by atoms with Crippen LogP contribution < -0.4 is 5.32 Å². The van der Waals surface area contributed by atoms with Crippen LogP contribution in [0.15, 0.2) is 18.2 Å². The Balaban J connectivity index is 1.58. The zero-order valence-corrected chi connectivity index (χ0v) is 12.9. The molecule has 4 fully saturated rings. The quantitative estimate of drug-likeness (QED) is 0.854. The second-order valence-electron chi connectivity index (χ2n) is 7.40. The van der Waals surface area contributed by atoms with Gasteiger partial charge >= 0.3 is 0 Å². The van der Waals surface area contributed by atoms with E-state index in [0.717, 1.165) is 31.4 Å². The van der Waals surface area contributed by atoms with Crippen LogP contribution in [0.25, 0.3) is 0 Å². The molecule has 4 nitrogen and oxygen atoms in total. The third-order valence-electron chi connectivity index (χ3n) is 5.78. The Kier molecular flexibility index (Phi) is 3.28. The molecule has 116 valence electrons. The molecule has 0 aromatic carbocycles. The number of Topliss-reactive ketones (excluding diaryl/α,β-unsaturated/α-hetero) is 1. The van der Waals surface area contributed by atoms with Gasteiger partial charge in [-0.05, 0) is 68.9 Å². The Morgan fingerprint density at radius 1 is 1.14 bits per heavy atom. The van der Waals surface area contributed by atoms with E-state index >= 15 is 0 Å². The number of hydrogen-bond donors (Lipinski definition) is 1. The van der Waals surface area contributed by atoms with Crippen LogP contribution in [0.1, 0.15) is 37.8 Å². The summed E-state index contributed by atoms with van der Waals surface area (Å²) in [5.41, 5.74) is 0.866. The molecule has 1 heterocycles. The first-order valence-corrected chi connectivity index (χ1v) is 8.38. The van der Waals surface area contributed by atoms with Crippen LogP contribution in [0.4, 0.5) is 5.82 Å². The normalized spacial score (nSPS) is 36.2. The van der Waals surface area contributed by atoms with Crippen LogP contribution in [0.2, 0.25) is 0 Å². The maximum Gasteiger partial charge on any atom is 0.236 e. The second kappa shape index (κ2) is 5.18. The zero-order valence-electron chi connectivity index (χ0n) is 12.9. The Morgan fingerprint density at radius 3 is 2.55 bits per heavy atom. The fraction of sp³-hybridized carbons (Fsp3) is 0.611. The third kappa shape index (κ3) is 2.34. The lowest BCUT2D eigenvalue weighted by Crippen LogP contribution is -2.36. The van der Waals surface area contributed by atoms with Crippen molar-refractivity contribution >= 4 is 17.5 Å². The van der Waals surface area contributed by atoms with Crippen molar-refractivity contribution in [3.63, 3.8) is 0 Å². The maximum absolute atomic E-state index is 12.8. The summed E-state index contributed by atoms with van der Waals surface area (Å²) in [4.78, 5) is 29.9. The number of aromatic nitrogens is 1. The number of rotatable bonds is 2. The van der Waals surface area contributed by atoms with E-state index in [1.165, 1.54) is 6.42 Å². The summed E-state index contributed by atoms with van der Waals surface area (Å²) in [6.45, 7) is 1.90. The molecule has 1 aromatic heterocycles. The number of anilines is 1. The number of carbonyl (C=O) groups excluding carboxylic acids is 2. The van der Waals surface area contributed by atoms with Gasteiger partial charge in [-0.15, -0.1) is 0 Å². The molecule has 0 aliphatic heterocycles. The van der Waals surface area contributed by atoms with E-state index in [-0.39, 0.29) is 23.5 Å². The minimum Gasteiger partial charge on any atom is -0.310 e. The lowest BCUT2D eigenvalue weighted by atomic mass is 9.67. The van der Waals surface area contributed by atoms with Crippen LogP contribution in [-0.2, 0) is 9.59 Å². The van der Waals surface area contributed by atoms with Gasteiger partial charge < -0.3 is 5.32 Å². The topological polar surface area (TPSA) is 59.1 Å². The lowest BCUT2D eigenvalue weighted by Gasteiger charge is -2.38. The van der Waals surface area contributed by atoms with Gasteiger partial charge in [0.25, 0.3) is 0 Å². The van der Waals surface area contributed by atoms with Gasteiger partial charge in [-0.3, -0.25) is 9.59 Å². The fourth-order valence-corrected chi connectivity index (χ4v) is 5.05. The first kappa shape index (κ1) is 13.9. The van der Waals surface area contributed by atoms with Crippen LogP contribution >= 0.6 is 0 Å². The van der Waals surface area contributed by atoms with E-state index in [1.807, 2.05) is 19.1 Å². The van der Waals surface area contributed by atoms with Gasteiger partial charge in [0, 0.05) is 11.6 Å². The summed E-state index contributed by atoms with van der Waals surface area (Å²) in [5.74, 6) is 1.86. The van der Waals surface area contributed by atoms with Gasteiger partial charge in [-0.1, -0.05) is 6.07 Å². The van der Waals surface area contributed by atoms with Crippen molar-refractivity contribution in [2.24, 2.45) is 29.6 Å². The van der Waals surface area contributed by atoms with E-state index in [9.17, 15) is 9.59 Å². The SMILES string of the molecule is Cc1cccc(NC(=O)C2C(=O)C3CC4CC(C3)CC2C4)n1. The Morgan fingerprint density at radius 2 is 1.86 bits per heavy atom. The number of fused-ring (bicyclic) bond motifs is 1. The molecule has 0 spiro atoms. The number of nitrogens with one attached hydrogen (secondary N) is 1. The molecule has 1 aromatic rings. The number of nitrogens with zero attached hydrogens (tertiary/aromatic N) is 1. The van der Waals surface area contributed by atoms with E-state index in [2.05, 4.69) is 10.3 Å². The molecule has 0 saturated heterocycles. The van der Waals surface area contributed by atoms with Gasteiger partial charge in [0.05, 0.1) is 5.92 Å². The summed E-state index contributed by atoms with van der Waals surface area (Å²) in [6.07, 6.45) is 5.40. The van der Waals surface area contributed by atoms with Crippen LogP contribution in [0, 0.1) is 36.5 Å². The van der Waals surface area contributed by atoms with E-state index in [4.69, 9.17) is 0 Å². The summed E-state index contributed by atoms with van der Waals surface area (Å²) in [5, 5.41) is 2.88. The highest BCUT2D eigenvalue weighted by molar-refractivity contribution is 6.08. The van der Waals surface area contributed by atoms with E-state index in [0.29, 0.717) is 17.7 Å². The highest BCUT2D eigenvalue weighted by Crippen LogP contribution is 2.52. The van der Waals surface area contributed by atoms with Crippen LogP contribution in [-0.4, -0.2) is 16.7 Å².